The van der Waals surface area contributed by atoms with Crippen LogP contribution in [0, 0.1) is 11.7 Å². The van der Waals surface area contributed by atoms with Gasteiger partial charge >= 0.3 is 12.3 Å². The fourth-order valence-electron chi connectivity index (χ4n) is 4.70. The van der Waals surface area contributed by atoms with Gasteiger partial charge in [0.1, 0.15) is 11.6 Å². The molecule has 0 amide bonds. The number of ether oxygens (including phenoxy) is 3. The Morgan fingerprint density at radius 2 is 1.42 bits per heavy atom. The van der Waals surface area contributed by atoms with E-state index in [4.69, 9.17) is 14.2 Å². The van der Waals surface area contributed by atoms with Crippen molar-refractivity contribution < 1.29 is 40.6 Å². The minimum absolute atomic E-state index is 0.167. The maximum Gasteiger partial charge on any atom is 0.426 e. The van der Waals surface area contributed by atoms with Crippen LogP contribution in [0.3, 0.4) is 0 Å². The Balaban J connectivity index is 1.26. The van der Waals surface area contributed by atoms with Crippen molar-refractivity contribution in [3.05, 3.63) is 114 Å². The van der Waals surface area contributed by atoms with E-state index in [1.807, 2.05) is 6.08 Å². The maximum absolute atomic E-state index is 14.9. The first-order chi connectivity index (χ1) is 20.6. The molecule has 0 unspecified atom stereocenters. The largest absolute Gasteiger partial charge is 0.429 e. The normalized spacial score (nSPS) is 17.7. The van der Waals surface area contributed by atoms with Crippen LogP contribution in [-0.4, -0.2) is 13.2 Å². The molecule has 0 bridgehead atoms. The van der Waals surface area contributed by atoms with E-state index in [0.29, 0.717) is 30.4 Å². The number of allylic oxidation sites excluding steroid dienone is 3. The molecule has 4 rings (SSSR count). The summed E-state index contributed by atoms with van der Waals surface area (Å²) in [7, 11) is 0. The van der Waals surface area contributed by atoms with Gasteiger partial charge in [-0.25, -0.2) is 4.39 Å². The zero-order chi connectivity index (χ0) is 30.9. The van der Waals surface area contributed by atoms with Crippen molar-refractivity contribution in [2.24, 2.45) is 5.92 Å². The quantitative estimate of drug-likeness (QED) is 0.110. The first-order valence-corrected chi connectivity index (χ1v) is 14.2. The third-order valence-electron chi connectivity index (χ3n) is 7.13. The van der Waals surface area contributed by atoms with Gasteiger partial charge in [-0.3, -0.25) is 0 Å². The van der Waals surface area contributed by atoms with Crippen molar-refractivity contribution in [1.82, 2.24) is 0 Å². The molecule has 0 N–H and O–H groups in total. The SMILES string of the molecule is C=CCCCC/C=C/CCC1COC(c2ccc(C(F)(F)Oc3ccc(-c4ccc(C(F)(F)F)c(F)c4)cc3)cc2)OC1. The minimum Gasteiger partial charge on any atom is -0.429 e. The zero-order valence-electron chi connectivity index (χ0n) is 23.6. The van der Waals surface area contributed by atoms with Crippen molar-refractivity contribution >= 4 is 0 Å². The topological polar surface area (TPSA) is 27.7 Å². The van der Waals surface area contributed by atoms with Gasteiger partial charge in [-0.1, -0.05) is 48.6 Å². The molecule has 9 heteroatoms. The number of benzene rings is 3. The Labute approximate surface area is 247 Å². The summed E-state index contributed by atoms with van der Waals surface area (Å²) in [5.41, 5.74) is -0.633. The third kappa shape index (κ3) is 9.21. The summed E-state index contributed by atoms with van der Waals surface area (Å²) in [6.45, 7) is 4.77. The van der Waals surface area contributed by atoms with Gasteiger partial charge in [0.15, 0.2) is 6.29 Å². The molecule has 0 atom stereocenters. The van der Waals surface area contributed by atoms with Crippen LogP contribution in [0.25, 0.3) is 11.1 Å². The summed E-state index contributed by atoms with van der Waals surface area (Å²) >= 11 is 0. The van der Waals surface area contributed by atoms with Crippen molar-refractivity contribution in [2.45, 2.75) is 57.1 Å². The van der Waals surface area contributed by atoms with Gasteiger partial charge in [0, 0.05) is 11.5 Å². The average Bonchev–Trinajstić information content (AvgIpc) is 2.98. The van der Waals surface area contributed by atoms with Crippen LogP contribution in [0.15, 0.2) is 91.5 Å². The van der Waals surface area contributed by atoms with Gasteiger partial charge in [0.2, 0.25) is 0 Å². The fraction of sp³-hybridized carbons (Fsp3) is 0.353. The molecule has 230 valence electrons. The zero-order valence-corrected chi connectivity index (χ0v) is 23.6. The van der Waals surface area contributed by atoms with E-state index in [-0.39, 0.29) is 22.8 Å². The smallest absolute Gasteiger partial charge is 0.426 e. The molecule has 43 heavy (non-hydrogen) atoms. The molecule has 1 aliphatic heterocycles. The van der Waals surface area contributed by atoms with Crippen molar-refractivity contribution in [2.75, 3.05) is 13.2 Å². The molecule has 3 aromatic rings. The Hall–Kier alpha value is -3.56. The second kappa shape index (κ2) is 14.8. The summed E-state index contributed by atoms with van der Waals surface area (Å²) < 4.78 is 98.8. The first-order valence-electron chi connectivity index (χ1n) is 14.2. The van der Waals surface area contributed by atoms with Gasteiger partial charge in [-0.15, -0.1) is 6.58 Å². The molecule has 0 spiro atoms. The molecule has 0 aromatic heterocycles. The molecule has 3 nitrogen and oxygen atoms in total. The number of halogens is 6. The Kier molecular flexibility index (Phi) is 11.1. The van der Waals surface area contributed by atoms with Gasteiger partial charge in [-0.05, 0) is 86.1 Å². The van der Waals surface area contributed by atoms with Crippen LogP contribution in [0.2, 0.25) is 0 Å². The second-order valence-corrected chi connectivity index (χ2v) is 10.4. The molecule has 1 fully saturated rings. The van der Waals surface area contributed by atoms with E-state index in [9.17, 15) is 26.3 Å². The van der Waals surface area contributed by atoms with Crippen molar-refractivity contribution in [1.29, 1.82) is 0 Å². The standard InChI is InChI=1S/C34H34F6O3/c1-2-3-4-5-6-7-8-9-10-24-22-41-32(42-23-24)26-11-16-28(17-12-26)34(39,40)43-29-18-13-25(14-19-29)27-15-20-30(31(35)21-27)33(36,37)38/h2,7-8,11-21,24,32H,1,3-6,9-10,22-23H2/b8-7+. The summed E-state index contributed by atoms with van der Waals surface area (Å²) in [5, 5.41) is 0. The van der Waals surface area contributed by atoms with Crippen LogP contribution in [-0.2, 0) is 21.8 Å². The highest BCUT2D eigenvalue weighted by Gasteiger charge is 2.36. The molecular formula is C34H34F6O3. The van der Waals surface area contributed by atoms with Crippen LogP contribution < -0.4 is 4.74 Å². The number of hydrogen-bond acceptors (Lipinski definition) is 3. The van der Waals surface area contributed by atoms with Crippen LogP contribution in [0.5, 0.6) is 5.75 Å². The second-order valence-electron chi connectivity index (χ2n) is 10.4. The lowest BCUT2D eigenvalue weighted by Crippen LogP contribution is -2.27. The third-order valence-corrected chi connectivity index (χ3v) is 7.13. The lowest BCUT2D eigenvalue weighted by molar-refractivity contribution is -0.206. The first kappa shape index (κ1) is 32.4. The average molecular weight is 605 g/mol. The fourth-order valence-corrected chi connectivity index (χ4v) is 4.70. The number of unbranched alkanes of at least 4 members (excludes halogenated alkanes) is 3. The Morgan fingerprint density at radius 3 is 2.05 bits per heavy atom. The molecule has 1 aliphatic rings. The molecule has 0 saturated carbocycles. The number of alkyl halides is 5. The van der Waals surface area contributed by atoms with Crippen LogP contribution in [0.1, 0.15) is 61.5 Å². The molecule has 3 aromatic carbocycles. The summed E-state index contributed by atoms with van der Waals surface area (Å²) in [6, 6.07) is 13.2. The predicted octanol–water partition coefficient (Wildman–Crippen LogP) is 10.4. The predicted molar refractivity (Wildman–Crippen MR) is 153 cm³/mol. The number of rotatable bonds is 13. The summed E-state index contributed by atoms with van der Waals surface area (Å²) in [6.07, 6.45) is 3.52. The molecular weight excluding hydrogens is 570 g/mol. The van der Waals surface area contributed by atoms with E-state index in [1.165, 1.54) is 48.5 Å². The lowest BCUT2D eigenvalue weighted by atomic mass is 10.0. The van der Waals surface area contributed by atoms with E-state index in [0.717, 1.165) is 50.7 Å². The van der Waals surface area contributed by atoms with E-state index in [2.05, 4.69) is 18.7 Å². The lowest BCUT2D eigenvalue weighted by Gasteiger charge is -2.29. The molecule has 1 heterocycles. The molecule has 0 aliphatic carbocycles. The highest BCUT2D eigenvalue weighted by molar-refractivity contribution is 5.64. The van der Waals surface area contributed by atoms with E-state index >= 15 is 0 Å². The van der Waals surface area contributed by atoms with Gasteiger partial charge in [0.05, 0.1) is 24.3 Å². The Morgan fingerprint density at radius 1 is 0.791 bits per heavy atom. The Bertz CT molecular complexity index is 1340. The summed E-state index contributed by atoms with van der Waals surface area (Å²) in [5.74, 6) is -1.32. The van der Waals surface area contributed by atoms with Crippen molar-refractivity contribution in [3.63, 3.8) is 0 Å². The monoisotopic (exact) mass is 604 g/mol. The van der Waals surface area contributed by atoms with Gasteiger partial charge in [0.25, 0.3) is 0 Å². The number of hydrogen-bond donors (Lipinski definition) is 0. The van der Waals surface area contributed by atoms with Crippen molar-refractivity contribution in [3.8, 4) is 16.9 Å². The maximum atomic E-state index is 14.9. The van der Waals surface area contributed by atoms with E-state index in [1.54, 1.807) is 0 Å². The molecule has 1 saturated heterocycles. The van der Waals surface area contributed by atoms with Crippen LogP contribution in [0.4, 0.5) is 26.3 Å². The summed E-state index contributed by atoms with van der Waals surface area (Å²) in [4.78, 5) is 0. The molecule has 0 radical (unpaired) electrons. The highest BCUT2D eigenvalue weighted by Crippen LogP contribution is 2.36. The minimum atomic E-state index is -4.81. The van der Waals surface area contributed by atoms with Gasteiger partial charge < -0.3 is 14.2 Å². The van der Waals surface area contributed by atoms with E-state index < -0.39 is 30.0 Å². The van der Waals surface area contributed by atoms with Gasteiger partial charge in [-0.2, -0.15) is 22.0 Å². The van der Waals surface area contributed by atoms with Crippen LogP contribution >= 0.6 is 0 Å². The highest BCUT2D eigenvalue weighted by atomic mass is 19.4.